The summed E-state index contributed by atoms with van der Waals surface area (Å²) < 4.78 is 4.94. The summed E-state index contributed by atoms with van der Waals surface area (Å²) in [5.74, 6) is -0.734. The second-order valence-corrected chi connectivity index (χ2v) is 5.20. The zero-order valence-electron chi connectivity index (χ0n) is 12.6. The number of carboxylic acid groups (broad SMARTS) is 1. The van der Waals surface area contributed by atoms with Gasteiger partial charge in [-0.25, -0.2) is 9.59 Å². The molecule has 0 aliphatic rings. The molecule has 1 heterocycles. The molecule has 0 aromatic carbocycles. The van der Waals surface area contributed by atoms with Crippen molar-refractivity contribution in [3.8, 4) is 0 Å². The zero-order valence-corrected chi connectivity index (χ0v) is 12.6. The number of aliphatic hydroxyl groups excluding tert-OH is 1. The van der Waals surface area contributed by atoms with Gasteiger partial charge in [-0.3, -0.25) is 0 Å². The minimum atomic E-state index is -1.41. The topological polar surface area (TPSA) is 164 Å². The number of hydrogen-bond donors (Lipinski definition) is 5. The summed E-state index contributed by atoms with van der Waals surface area (Å²) in [5, 5.41) is 26.3. The molecule has 22 heavy (non-hydrogen) atoms. The lowest BCUT2D eigenvalue weighted by Gasteiger charge is -2.16. The predicted octanol–water partition coefficient (Wildman–Crippen LogP) is -0.641. The number of rotatable bonds is 7. The van der Waals surface area contributed by atoms with E-state index in [-0.39, 0.29) is 24.4 Å². The Morgan fingerprint density at radius 1 is 1.36 bits per heavy atom. The number of carboxylic acids is 1. The number of nitrogens with one attached hydrogen (secondary N) is 2. The quantitative estimate of drug-likeness (QED) is 0.443. The second-order valence-electron chi connectivity index (χ2n) is 5.20. The summed E-state index contributed by atoms with van der Waals surface area (Å²) in [5.41, 5.74) is 5.86. The second kappa shape index (κ2) is 7.71. The standard InChI is InChI=1S/C12H21N5O5/c1-5(2)8(13)10-15-7(22-17-10)4-14-12(21)16-9(6(3)18)11(19)20/h5-6,8-9,18H,4,13H2,1-3H3,(H,19,20)(H2,14,16,21). The number of aliphatic hydroxyl groups is 1. The van der Waals surface area contributed by atoms with Crippen molar-refractivity contribution in [3.63, 3.8) is 0 Å². The average Bonchev–Trinajstić information content (AvgIpc) is 2.89. The maximum Gasteiger partial charge on any atom is 0.328 e. The molecule has 0 saturated carbocycles. The first kappa shape index (κ1) is 17.9. The Hall–Kier alpha value is -2.20. The molecule has 1 aromatic heterocycles. The van der Waals surface area contributed by atoms with Gasteiger partial charge in [0.2, 0.25) is 5.89 Å². The zero-order chi connectivity index (χ0) is 16.9. The van der Waals surface area contributed by atoms with E-state index in [9.17, 15) is 14.7 Å². The van der Waals surface area contributed by atoms with Crippen LogP contribution in [-0.4, -0.2) is 44.5 Å². The molecule has 124 valence electrons. The van der Waals surface area contributed by atoms with Crippen molar-refractivity contribution in [2.75, 3.05) is 0 Å². The van der Waals surface area contributed by atoms with Gasteiger partial charge in [0.1, 0.15) is 0 Å². The van der Waals surface area contributed by atoms with Crippen LogP contribution in [0.2, 0.25) is 0 Å². The number of aromatic nitrogens is 2. The van der Waals surface area contributed by atoms with Crippen LogP contribution in [0, 0.1) is 5.92 Å². The number of hydrogen-bond acceptors (Lipinski definition) is 7. The fourth-order valence-electron chi connectivity index (χ4n) is 1.51. The Labute approximate surface area is 127 Å². The van der Waals surface area contributed by atoms with Crippen LogP contribution < -0.4 is 16.4 Å². The van der Waals surface area contributed by atoms with Crippen LogP contribution in [0.3, 0.4) is 0 Å². The van der Waals surface area contributed by atoms with Gasteiger partial charge in [0.15, 0.2) is 11.9 Å². The normalized spacial score (nSPS) is 15.2. The Morgan fingerprint density at radius 3 is 2.50 bits per heavy atom. The van der Waals surface area contributed by atoms with E-state index in [4.69, 9.17) is 15.4 Å². The lowest BCUT2D eigenvalue weighted by molar-refractivity contribution is -0.141. The van der Waals surface area contributed by atoms with Crippen molar-refractivity contribution < 1.29 is 24.3 Å². The maximum absolute atomic E-state index is 11.6. The van der Waals surface area contributed by atoms with Crippen molar-refractivity contribution in [1.29, 1.82) is 0 Å². The van der Waals surface area contributed by atoms with Gasteiger partial charge in [0.25, 0.3) is 0 Å². The Kier molecular flexibility index (Phi) is 6.25. The molecule has 0 bridgehead atoms. The molecule has 0 fully saturated rings. The van der Waals surface area contributed by atoms with Gasteiger partial charge in [-0.05, 0) is 12.8 Å². The highest BCUT2D eigenvalue weighted by Gasteiger charge is 2.25. The molecule has 2 amide bonds. The fraction of sp³-hybridized carbons (Fsp3) is 0.667. The van der Waals surface area contributed by atoms with Crippen LogP contribution in [0.5, 0.6) is 0 Å². The van der Waals surface area contributed by atoms with Crippen LogP contribution in [-0.2, 0) is 11.3 Å². The first-order valence-electron chi connectivity index (χ1n) is 6.75. The minimum absolute atomic E-state index is 0.0875. The summed E-state index contributed by atoms with van der Waals surface area (Å²) in [6, 6.07) is -2.56. The molecule has 10 heteroatoms. The number of aliphatic carboxylic acids is 1. The van der Waals surface area contributed by atoms with E-state index in [1.807, 2.05) is 13.8 Å². The van der Waals surface area contributed by atoms with Gasteiger partial charge < -0.3 is 31.1 Å². The number of carbonyl (C=O) groups excluding carboxylic acids is 1. The van der Waals surface area contributed by atoms with E-state index in [1.54, 1.807) is 0 Å². The number of nitrogens with zero attached hydrogens (tertiary/aromatic N) is 2. The minimum Gasteiger partial charge on any atom is -0.480 e. The molecule has 0 radical (unpaired) electrons. The van der Waals surface area contributed by atoms with Crippen molar-refractivity contribution in [3.05, 3.63) is 11.7 Å². The van der Waals surface area contributed by atoms with Gasteiger partial charge in [0, 0.05) is 0 Å². The molecule has 0 spiro atoms. The Morgan fingerprint density at radius 2 is 2.00 bits per heavy atom. The van der Waals surface area contributed by atoms with Crippen molar-refractivity contribution >= 4 is 12.0 Å². The third-order valence-electron chi connectivity index (χ3n) is 2.94. The van der Waals surface area contributed by atoms with Crippen LogP contribution in [0.25, 0.3) is 0 Å². The third kappa shape index (κ3) is 4.97. The molecule has 6 N–H and O–H groups in total. The highest BCUT2D eigenvalue weighted by molar-refractivity contribution is 5.82. The van der Waals surface area contributed by atoms with E-state index in [0.717, 1.165) is 0 Å². The molecule has 3 unspecified atom stereocenters. The monoisotopic (exact) mass is 315 g/mol. The average molecular weight is 315 g/mol. The van der Waals surface area contributed by atoms with E-state index >= 15 is 0 Å². The van der Waals surface area contributed by atoms with Crippen LogP contribution in [0.15, 0.2) is 4.52 Å². The number of carbonyl (C=O) groups is 2. The Bertz CT molecular complexity index is 516. The Balaban J connectivity index is 2.52. The van der Waals surface area contributed by atoms with Gasteiger partial charge in [-0.1, -0.05) is 19.0 Å². The lowest BCUT2D eigenvalue weighted by Crippen LogP contribution is -2.51. The summed E-state index contributed by atoms with van der Waals surface area (Å²) in [7, 11) is 0. The molecule has 1 aromatic rings. The van der Waals surface area contributed by atoms with Gasteiger partial charge in [-0.2, -0.15) is 4.98 Å². The van der Waals surface area contributed by atoms with Gasteiger partial charge >= 0.3 is 12.0 Å². The molecule has 0 saturated heterocycles. The van der Waals surface area contributed by atoms with Crippen molar-refractivity contribution in [2.24, 2.45) is 11.7 Å². The molecular formula is C12H21N5O5. The van der Waals surface area contributed by atoms with Crippen LogP contribution in [0.4, 0.5) is 4.79 Å². The molecule has 3 atom stereocenters. The SMILES string of the molecule is CC(C)C(N)c1noc(CNC(=O)NC(C(=O)O)C(C)O)n1. The molecular weight excluding hydrogens is 294 g/mol. The number of urea groups is 1. The molecule has 10 nitrogen and oxygen atoms in total. The first-order chi connectivity index (χ1) is 10.2. The van der Waals surface area contributed by atoms with Gasteiger partial charge in [-0.15, -0.1) is 0 Å². The maximum atomic E-state index is 11.6. The van der Waals surface area contributed by atoms with Crippen molar-refractivity contribution in [2.45, 2.75) is 45.5 Å². The van der Waals surface area contributed by atoms with Gasteiger partial charge in [0.05, 0.1) is 18.7 Å². The predicted molar refractivity (Wildman–Crippen MR) is 74.5 cm³/mol. The third-order valence-corrected chi connectivity index (χ3v) is 2.94. The summed E-state index contributed by atoms with van der Waals surface area (Å²) in [6.07, 6.45) is -1.23. The van der Waals surface area contributed by atoms with E-state index in [1.165, 1.54) is 6.92 Å². The molecule has 0 aliphatic heterocycles. The molecule has 0 aliphatic carbocycles. The van der Waals surface area contributed by atoms with Crippen LogP contribution >= 0.6 is 0 Å². The number of amides is 2. The smallest absolute Gasteiger partial charge is 0.328 e. The highest BCUT2D eigenvalue weighted by Crippen LogP contribution is 2.15. The van der Waals surface area contributed by atoms with E-state index in [0.29, 0.717) is 5.82 Å². The fourth-order valence-corrected chi connectivity index (χ4v) is 1.51. The van der Waals surface area contributed by atoms with E-state index in [2.05, 4.69) is 20.8 Å². The first-order valence-corrected chi connectivity index (χ1v) is 6.75. The summed E-state index contributed by atoms with van der Waals surface area (Å²) in [4.78, 5) is 26.5. The van der Waals surface area contributed by atoms with Crippen LogP contribution in [0.1, 0.15) is 38.5 Å². The summed E-state index contributed by atoms with van der Waals surface area (Å²) in [6.45, 7) is 5.00. The number of nitrogens with two attached hydrogens (primary N) is 1. The highest BCUT2D eigenvalue weighted by atomic mass is 16.5. The summed E-state index contributed by atoms with van der Waals surface area (Å²) >= 11 is 0. The molecule has 1 rings (SSSR count). The lowest BCUT2D eigenvalue weighted by atomic mass is 10.1. The largest absolute Gasteiger partial charge is 0.480 e. The van der Waals surface area contributed by atoms with Crippen molar-refractivity contribution in [1.82, 2.24) is 20.8 Å². The van der Waals surface area contributed by atoms with E-state index < -0.39 is 24.1 Å².